The summed E-state index contributed by atoms with van der Waals surface area (Å²) in [6.45, 7) is -1.70. The Morgan fingerprint density at radius 3 is 2.58 bits per heavy atom. The van der Waals surface area contributed by atoms with Gasteiger partial charge < -0.3 is 14.6 Å². The van der Waals surface area contributed by atoms with Crippen LogP contribution in [-0.4, -0.2) is 66.4 Å². The Balaban J connectivity index is 1.95. The summed E-state index contributed by atoms with van der Waals surface area (Å²) >= 11 is 0. The number of nitro benzene ring substituents is 1. The molecule has 1 heterocycles. The van der Waals surface area contributed by atoms with Crippen molar-refractivity contribution in [2.75, 3.05) is 20.8 Å². The number of alkyl halides is 2. The minimum atomic E-state index is -4.38. The third kappa shape index (κ3) is 6.71. The summed E-state index contributed by atoms with van der Waals surface area (Å²) in [5.74, 6) is 0.828. The van der Waals surface area contributed by atoms with Gasteiger partial charge in [0.2, 0.25) is 10.0 Å². The lowest BCUT2D eigenvalue weighted by molar-refractivity contribution is -0.385. The first-order valence-corrected chi connectivity index (χ1v) is 12.2. The minimum Gasteiger partial charge on any atom is -0.497 e. The summed E-state index contributed by atoms with van der Waals surface area (Å²) in [5.41, 5.74) is 0.0491. The highest BCUT2D eigenvalue weighted by Crippen LogP contribution is 2.28. The molecular weight excluding hydrogens is 532 g/mol. The highest BCUT2D eigenvalue weighted by Gasteiger charge is 2.25. The minimum absolute atomic E-state index is 0.0909. The molecule has 1 aromatic heterocycles. The molecule has 0 saturated heterocycles. The van der Waals surface area contributed by atoms with Crippen molar-refractivity contribution in [3.63, 3.8) is 0 Å². The fourth-order valence-corrected chi connectivity index (χ4v) is 4.65. The Kier molecular flexibility index (Phi) is 8.80. The van der Waals surface area contributed by atoms with Crippen molar-refractivity contribution in [3.8, 4) is 17.2 Å². The Bertz CT molecular complexity index is 1430. The van der Waals surface area contributed by atoms with E-state index in [0.717, 1.165) is 22.9 Å². The lowest BCUT2D eigenvalue weighted by atomic mass is 10.2. The van der Waals surface area contributed by atoms with E-state index in [0.29, 0.717) is 22.0 Å². The van der Waals surface area contributed by atoms with Gasteiger partial charge in [0.25, 0.3) is 12.1 Å². The number of nitrogens with one attached hydrogen (secondary N) is 1. The van der Waals surface area contributed by atoms with Crippen LogP contribution in [-0.2, 0) is 23.1 Å². The molecule has 0 radical (unpaired) electrons. The number of nitro groups is 1. The number of carbonyl (C=O) groups is 1. The third-order valence-electron chi connectivity index (χ3n) is 5.28. The molecule has 0 bridgehead atoms. The Hall–Kier alpha value is -4.31. The fourth-order valence-electron chi connectivity index (χ4n) is 3.44. The van der Waals surface area contributed by atoms with Gasteiger partial charge in [-0.2, -0.15) is 5.10 Å². The number of sulfonamides is 1. The van der Waals surface area contributed by atoms with Crippen LogP contribution in [0.25, 0.3) is 5.69 Å². The van der Waals surface area contributed by atoms with Crippen LogP contribution in [0.1, 0.15) is 11.1 Å². The van der Waals surface area contributed by atoms with Crippen LogP contribution < -0.4 is 14.2 Å². The van der Waals surface area contributed by atoms with Crippen LogP contribution in [0, 0.1) is 10.1 Å². The lowest BCUT2D eigenvalue weighted by Crippen LogP contribution is -2.33. The van der Waals surface area contributed by atoms with Gasteiger partial charge in [-0.3, -0.25) is 15.0 Å². The van der Waals surface area contributed by atoms with Crippen LogP contribution in [0.2, 0.25) is 0 Å². The van der Waals surface area contributed by atoms with Gasteiger partial charge in [-0.25, -0.2) is 31.4 Å². The number of nitrogens with zero attached hydrogens (tertiary/aromatic N) is 4. The third-order valence-corrected chi connectivity index (χ3v) is 6.71. The van der Waals surface area contributed by atoms with Gasteiger partial charge in [0.15, 0.2) is 0 Å². The number of aromatic nitrogens is 2. The smallest absolute Gasteiger partial charge is 0.407 e. The predicted octanol–water partition coefficient (Wildman–Crippen LogP) is 3.02. The van der Waals surface area contributed by atoms with Crippen LogP contribution in [0.3, 0.4) is 0 Å². The van der Waals surface area contributed by atoms with Gasteiger partial charge in [0.05, 0.1) is 44.1 Å². The van der Waals surface area contributed by atoms with Crippen LogP contribution in [0.5, 0.6) is 11.5 Å². The molecule has 38 heavy (non-hydrogen) atoms. The summed E-state index contributed by atoms with van der Waals surface area (Å²) in [7, 11) is -1.53. The van der Waals surface area contributed by atoms with Crippen molar-refractivity contribution in [1.82, 2.24) is 19.4 Å². The van der Waals surface area contributed by atoms with E-state index in [1.165, 1.54) is 26.6 Å². The van der Waals surface area contributed by atoms with Crippen molar-refractivity contribution < 1.29 is 41.5 Å². The number of ether oxygens (including phenoxy) is 2. The van der Waals surface area contributed by atoms with E-state index in [4.69, 9.17) is 14.6 Å². The first kappa shape index (κ1) is 28.3. The molecule has 2 aromatic carbocycles. The van der Waals surface area contributed by atoms with E-state index in [-0.39, 0.29) is 17.8 Å². The van der Waals surface area contributed by atoms with Crippen molar-refractivity contribution in [2.24, 2.45) is 0 Å². The monoisotopic (exact) mass is 555 g/mol. The van der Waals surface area contributed by atoms with E-state index in [1.54, 1.807) is 18.2 Å². The molecule has 0 fully saturated rings. The Morgan fingerprint density at radius 2 is 1.97 bits per heavy atom. The quantitative estimate of drug-likeness (QED) is 0.252. The average Bonchev–Trinajstić information content (AvgIpc) is 3.34. The maximum atomic E-state index is 13.3. The summed E-state index contributed by atoms with van der Waals surface area (Å²) in [4.78, 5) is 21.8. The Labute approximate surface area is 215 Å². The van der Waals surface area contributed by atoms with E-state index < -0.39 is 51.1 Å². The molecule has 1 amide bonds. The molecule has 13 nitrogen and oxygen atoms in total. The second kappa shape index (κ2) is 11.8. The number of methoxy groups -OCH3 is 2. The zero-order valence-electron chi connectivity index (χ0n) is 20.1. The van der Waals surface area contributed by atoms with E-state index in [2.05, 4.69) is 9.82 Å². The maximum Gasteiger partial charge on any atom is 0.407 e. The molecule has 2 N–H and O–H groups in total. The molecule has 3 rings (SSSR count). The van der Waals surface area contributed by atoms with Crippen molar-refractivity contribution in [3.05, 3.63) is 70.0 Å². The highest BCUT2D eigenvalue weighted by molar-refractivity contribution is 7.89. The fraction of sp³-hybridized carbons (Fsp3) is 0.273. The van der Waals surface area contributed by atoms with Gasteiger partial charge in [0, 0.05) is 42.1 Å². The molecule has 0 spiro atoms. The van der Waals surface area contributed by atoms with E-state index in [9.17, 15) is 32.1 Å². The van der Waals surface area contributed by atoms with Gasteiger partial charge in [-0.15, -0.1) is 0 Å². The molecule has 16 heteroatoms. The molecule has 0 atom stereocenters. The molecule has 0 saturated carbocycles. The van der Waals surface area contributed by atoms with Crippen LogP contribution in [0.15, 0.2) is 53.7 Å². The first-order valence-electron chi connectivity index (χ1n) is 10.7. The first-order chi connectivity index (χ1) is 17.9. The normalized spacial score (nSPS) is 11.4. The standard InChI is InChI=1S/C22H23F2N5O8S/c1-36-17-5-3-15(19(8-17)37-2)10-26-38(34,35)20-7-16(29(32)33)4-6-18(20)28-12-14(9-25-28)11-27(22(30)31)13-21(23)24/h3-9,12,21,26H,10-11,13H2,1-2H3,(H,30,31). The second-order valence-corrected chi connectivity index (χ2v) is 9.49. The SMILES string of the molecule is COc1ccc(CNS(=O)(=O)c2cc([N+](=O)[O-])ccc2-n2cc(CN(CC(F)F)C(=O)O)cn2)c(OC)c1. The van der Waals surface area contributed by atoms with Crippen molar-refractivity contribution in [1.29, 1.82) is 0 Å². The number of non-ortho nitro benzene ring substituents is 1. The molecular formula is C22H23F2N5O8S. The highest BCUT2D eigenvalue weighted by atomic mass is 32.2. The Morgan fingerprint density at radius 1 is 1.24 bits per heavy atom. The molecule has 3 aromatic rings. The van der Waals surface area contributed by atoms with Gasteiger partial charge in [-0.05, 0) is 12.1 Å². The number of amides is 1. The summed E-state index contributed by atoms with van der Waals surface area (Å²) in [6.07, 6.45) is -2.05. The lowest BCUT2D eigenvalue weighted by Gasteiger charge is -2.17. The molecule has 204 valence electrons. The number of rotatable bonds is 12. The largest absolute Gasteiger partial charge is 0.497 e. The van der Waals surface area contributed by atoms with Crippen LogP contribution >= 0.6 is 0 Å². The average molecular weight is 556 g/mol. The molecule has 0 aliphatic rings. The summed E-state index contributed by atoms with van der Waals surface area (Å²) in [6, 6.07) is 7.83. The van der Waals surface area contributed by atoms with Crippen LogP contribution in [0.4, 0.5) is 19.3 Å². The number of benzene rings is 2. The number of hydrogen-bond donors (Lipinski definition) is 2. The number of hydrogen-bond acceptors (Lipinski definition) is 8. The van der Waals surface area contributed by atoms with Gasteiger partial charge in [0.1, 0.15) is 16.4 Å². The molecule has 0 aliphatic carbocycles. The second-order valence-electron chi connectivity index (χ2n) is 7.76. The van der Waals surface area contributed by atoms with Gasteiger partial charge in [-0.1, -0.05) is 6.07 Å². The topological polar surface area (TPSA) is 166 Å². The maximum absolute atomic E-state index is 13.3. The summed E-state index contributed by atoms with van der Waals surface area (Å²) in [5, 5.41) is 24.5. The molecule has 0 unspecified atom stereocenters. The predicted molar refractivity (Wildman–Crippen MR) is 128 cm³/mol. The zero-order valence-corrected chi connectivity index (χ0v) is 20.9. The van der Waals surface area contributed by atoms with Gasteiger partial charge >= 0.3 is 6.09 Å². The zero-order chi connectivity index (χ0) is 28.0. The van der Waals surface area contributed by atoms with Crippen molar-refractivity contribution in [2.45, 2.75) is 24.4 Å². The summed E-state index contributed by atoms with van der Waals surface area (Å²) < 4.78 is 65.8. The van der Waals surface area contributed by atoms with E-state index >= 15 is 0 Å². The van der Waals surface area contributed by atoms with E-state index in [1.807, 2.05) is 0 Å². The van der Waals surface area contributed by atoms with Crippen molar-refractivity contribution >= 4 is 21.8 Å². The number of carboxylic acid groups (broad SMARTS) is 1. The number of halogens is 2. The molecule has 0 aliphatic heterocycles.